The number of hydrogen-bond donors (Lipinski definition) is 2. The van der Waals surface area contributed by atoms with Crippen LogP contribution in [0, 0.1) is 0 Å². The van der Waals surface area contributed by atoms with Gasteiger partial charge in [0, 0.05) is 5.75 Å². The van der Waals surface area contributed by atoms with E-state index in [1.807, 2.05) is 91.0 Å². The Labute approximate surface area is 210 Å². The van der Waals surface area contributed by atoms with Crippen LogP contribution >= 0.6 is 24.6 Å². The van der Waals surface area contributed by atoms with Crippen molar-refractivity contribution in [3.63, 3.8) is 0 Å². The average Bonchev–Trinajstić information content (AvgIpc) is 2.82. The van der Waals surface area contributed by atoms with Gasteiger partial charge < -0.3 is 9.84 Å². The maximum Gasteiger partial charge on any atom is 0.421 e. The monoisotopic (exact) mass is 495 g/mol. The molecule has 0 aliphatic heterocycles. The number of aliphatic carboxylic acids is 1. The highest BCUT2D eigenvalue weighted by atomic mass is 32.2. The van der Waals surface area contributed by atoms with Gasteiger partial charge in [-0.05, 0) is 49.4 Å². The molecule has 0 aromatic heterocycles. The lowest BCUT2D eigenvalue weighted by atomic mass is 9.84. The molecule has 1 atom stereocenters. The third-order valence-electron chi connectivity index (χ3n) is 5.09. The minimum atomic E-state index is -1.21. The summed E-state index contributed by atoms with van der Waals surface area (Å²) in [5, 5.41) is 9.99. The number of ether oxygens (including phenoxy) is 1. The summed E-state index contributed by atoms with van der Waals surface area (Å²) in [5.41, 5.74) is 1.89. The highest BCUT2D eigenvalue weighted by Crippen LogP contribution is 2.50. The van der Waals surface area contributed by atoms with Crippen molar-refractivity contribution in [3.05, 3.63) is 108 Å². The van der Waals surface area contributed by atoms with Crippen LogP contribution in [0.15, 0.2) is 91.0 Å². The van der Waals surface area contributed by atoms with Crippen molar-refractivity contribution < 1.29 is 19.4 Å². The highest BCUT2D eigenvalue weighted by Gasteiger charge is 2.44. The Morgan fingerprint density at radius 2 is 1.24 bits per heavy atom. The number of rotatable bonds is 8. The molecule has 178 valence electrons. The molecule has 3 rings (SSSR count). The number of thiol groups is 1. The van der Waals surface area contributed by atoms with Crippen molar-refractivity contribution in [2.75, 3.05) is 5.75 Å². The number of benzene rings is 3. The fourth-order valence-corrected chi connectivity index (χ4v) is 5.47. The maximum atomic E-state index is 13.4. The summed E-state index contributed by atoms with van der Waals surface area (Å²) < 4.78 is 5.94. The Balaban J connectivity index is 2.29. The second kappa shape index (κ2) is 11.0. The van der Waals surface area contributed by atoms with E-state index in [0.29, 0.717) is 0 Å². The van der Waals surface area contributed by atoms with Crippen LogP contribution < -0.4 is 0 Å². The molecular weight excluding hydrogens is 466 g/mol. The molecule has 34 heavy (non-hydrogen) atoms. The lowest BCUT2D eigenvalue weighted by Gasteiger charge is -2.40. The van der Waals surface area contributed by atoms with Gasteiger partial charge in [0.15, 0.2) is 6.04 Å². The molecule has 7 heteroatoms. The number of carbonyl (C=O) groups is 2. The topological polar surface area (TPSA) is 66.8 Å². The predicted octanol–water partition coefficient (Wildman–Crippen LogP) is 6.25. The van der Waals surface area contributed by atoms with E-state index in [1.54, 1.807) is 20.8 Å². The highest BCUT2D eigenvalue weighted by molar-refractivity contribution is 7.99. The van der Waals surface area contributed by atoms with E-state index in [1.165, 1.54) is 4.31 Å². The smallest absolute Gasteiger partial charge is 0.421 e. The maximum absolute atomic E-state index is 13.4. The van der Waals surface area contributed by atoms with Crippen LogP contribution in [0.1, 0.15) is 37.5 Å². The molecule has 3 aromatic carbocycles. The average molecular weight is 496 g/mol. The molecular formula is C27H29NO4S2. The van der Waals surface area contributed by atoms with E-state index < -0.39 is 28.5 Å². The Bertz CT molecular complexity index is 989. The number of carboxylic acids is 1. The molecule has 1 amide bonds. The minimum Gasteiger partial charge on any atom is -0.480 e. The number of amides is 1. The zero-order valence-electron chi connectivity index (χ0n) is 19.4. The predicted molar refractivity (Wildman–Crippen MR) is 140 cm³/mol. The van der Waals surface area contributed by atoms with Gasteiger partial charge in [0.25, 0.3) is 0 Å². The molecule has 3 aromatic rings. The fraction of sp³-hybridized carbons (Fsp3) is 0.259. The Morgan fingerprint density at radius 1 is 0.853 bits per heavy atom. The van der Waals surface area contributed by atoms with Gasteiger partial charge in [-0.15, -0.1) is 0 Å². The first kappa shape index (κ1) is 25.7. The summed E-state index contributed by atoms with van der Waals surface area (Å²) >= 11 is 5.40. The van der Waals surface area contributed by atoms with Gasteiger partial charge in [0.2, 0.25) is 0 Å². The number of carbonyl (C=O) groups excluding carboxylic acids is 1. The first-order valence-corrected chi connectivity index (χ1v) is 12.3. The van der Waals surface area contributed by atoms with Crippen molar-refractivity contribution in [2.45, 2.75) is 37.2 Å². The molecule has 0 fully saturated rings. The second-order valence-corrected chi connectivity index (χ2v) is 10.3. The molecule has 0 heterocycles. The van der Waals surface area contributed by atoms with E-state index >= 15 is 0 Å². The lowest BCUT2D eigenvalue weighted by Crippen LogP contribution is -2.47. The summed E-state index contributed by atoms with van der Waals surface area (Å²) in [6, 6.07) is 28.1. The zero-order valence-corrected chi connectivity index (χ0v) is 21.1. The molecule has 0 radical (unpaired) electrons. The summed E-state index contributed by atoms with van der Waals surface area (Å²) in [5.74, 6) is -1.23. The van der Waals surface area contributed by atoms with Gasteiger partial charge in [-0.25, -0.2) is 13.9 Å². The molecule has 0 bridgehead atoms. The van der Waals surface area contributed by atoms with Gasteiger partial charge >= 0.3 is 12.1 Å². The van der Waals surface area contributed by atoms with Crippen LogP contribution in [0.25, 0.3) is 0 Å². The molecule has 0 aliphatic rings. The summed E-state index contributed by atoms with van der Waals surface area (Å²) in [6.07, 6.45) is -0.730. The van der Waals surface area contributed by atoms with E-state index in [-0.39, 0.29) is 5.75 Å². The van der Waals surface area contributed by atoms with Gasteiger partial charge in [-0.2, -0.15) is 12.6 Å². The van der Waals surface area contributed by atoms with E-state index in [4.69, 9.17) is 4.74 Å². The third kappa shape index (κ3) is 5.77. The first-order chi connectivity index (χ1) is 16.2. The largest absolute Gasteiger partial charge is 0.480 e. The number of nitrogens with zero attached hydrogens (tertiary/aromatic N) is 1. The molecule has 0 aliphatic carbocycles. The van der Waals surface area contributed by atoms with Crippen molar-refractivity contribution in [3.8, 4) is 0 Å². The standard InChI is InChI=1S/C27H29NO4S2/c1-26(2,3)32-25(31)28(23(19-33)24(29)30)34-27(20-13-7-4-8-14-20,21-15-9-5-10-16-21)22-17-11-6-12-18-22/h4-18,23,33H,19H2,1-3H3,(H,29,30)/t23-/m0/s1. The van der Waals surface area contributed by atoms with Crippen LogP contribution in [-0.2, 0) is 14.3 Å². The molecule has 0 spiro atoms. The molecule has 5 nitrogen and oxygen atoms in total. The minimum absolute atomic E-state index is 0.0734. The Morgan fingerprint density at radius 3 is 1.53 bits per heavy atom. The second-order valence-electron chi connectivity index (χ2n) is 8.71. The SMILES string of the molecule is CC(C)(C)OC(=O)N(SC(c1ccccc1)(c1ccccc1)c1ccccc1)[C@@H](CS)C(=O)O. The Kier molecular flexibility index (Phi) is 8.33. The summed E-state index contributed by atoms with van der Waals surface area (Å²) in [7, 11) is 0. The fourth-order valence-electron chi connectivity index (χ4n) is 3.61. The van der Waals surface area contributed by atoms with E-state index in [9.17, 15) is 14.7 Å². The van der Waals surface area contributed by atoms with Gasteiger partial charge in [0.05, 0.1) is 0 Å². The van der Waals surface area contributed by atoms with Crippen molar-refractivity contribution in [2.24, 2.45) is 0 Å². The summed E-state index contributed by atoms with van der Waals surface area (Å²) in [6.45, 7) is 5.26. The van der Waals surface area contributed by atoms with Crippen molar-refractivity contribution in [1.29, 1.82) is 0 Å². The molecule has 0 saturated carbocycles. The number of carboxylic acid groups (broad SMARTS) is 1. The molecule has 0 saturated heterocycles. The van der Waals surface area contributed by atoms with Gasteiger partial charge in [-0.3, -0.25) is 0 Å². The van der Waals surface area contributed by atoms with Gasteiger partial charge in [-0.1, -0.05) is 91.0 Å². The van der Waals surface area contributed by atoms with E-state index in [2.05, 4.69) is 12.6 Å². The van der Waals surface area contributed by atoms with Crippen molar-refractivity contribution >= 4 is 36.6 Å². The van der Waals surface area contributed by atoms with E-state index in [0.717, 1.165) is 28.6 Å². The number of hydrogen-bond acceptors (Lipinski definition) is 5. The molecule has 1 N–H and O–H groups in total. The zero-order chi connectivity index (χ0) is 24.8. The van der Waals surface area contributed by atoms with Crippen LogP contribution in [-0.4, -0.2) is 38.9 Å². The summed E-state index contributed by atoms with van der Waals surface area (Å²) in [4.78, 5) is 25.6. The van der Waals surface area contributed by atoms with Crippen LogP contribution in [0.4, 0.5) is 4.79 Å². The molecule has 0 unspecified atom stereocenters. The van der Waals surface area contributed by atoms with Gasteiger partial charge in [0.1, 0.15) is 10.3 Å². The van der Waals surface area contributed by atoms with Crippen LogP contribution in [0.2, 0.25) is 0 Å². The van der Waals surface area contributed by atoms with Crippen molar-refractivity contribution in [1.82, 2.24) is 4.31 Å². The third-order valence-corrected chi connectivity index (χ3v) is 7.02. The quantitative estimate of drug-likeness (QED) is 0.220. The van der Waals surface area contributed by atoms with Crippen LogP contribution in [0.3, 0.4) is 0 Å². The first-order valence-electron chi connectivity index (χ1n) is 10.9. The van der Waals surface area contributed by atoms with Crippen LogP contribution in [0.5, 0.6) is 0 Å². The normalized spacial score (nSPS) is 12.6. The lowest BCUT2D eigenvalue weighted by molar-refractivity contribution is -0.140. The Hall–Kier alpha value is -2.90.